The van der Waals surface area contributed by atoms with Crippen LogP contribution in [0.2, 0.25) is 0 Å². The Morgan fingerprint density at radius 3 is 3.00 bits per heavy atom. The average molecular weight is 274 g/mol. The molecule has 5 nitrogen and oxygen atoms in total. The molecule has 1 saturated heterocycles. The molecule has 1 atom stereocenters. The third kappa shape index (κ3) is 2.03. The van der Waals surface area contributed by atoms with E-state index in [2.05, 4.69) is 9.89 Å². The molecule has 1 fully saturated rings. The van der Waals surface area contributed by atoms with Gasteiger partial charge in [0, 0.05) is 12.1 Å². The van der Waals surface area contributed by atoms with Crippen LogP contribution in [-0.2, 0) is 4.74 Å². The van der Waals surface area contributed by atoms with E-state index in [0.717, 1.165) is 24.5 Å². The summed E-state index contributed by atoms with van der Waals surface area (Å²) in [5, 5.41) is 0. The van der Waals surface area contributed by atoms with Crippen LogP contribution < -0.4 is 4.74 Å². The van der Waals surface area contributed by atoms with Crippen molar-refractivity contribution in [3.8, 4) is 5.75 Å². The largest absolute Gasteiger partial charge is 0.496 e. The summed E-state index contributed by atoms with van der Waals surface area (Å²) in [5.74, 6) is 1.12. The van der Waals surface area contributed by atoms with Crippen LogP contribution in [0.1, 0.15) is 28.8 Å². The minimum atomic E-state index is -0.389. The van der Waals surface area contributed by atoms with Crippen LogP contribution in [0.25, 0.3) is 0 Å². The van der Waals surface area contributed by atoms with Crippen LogP contribution >= 0.6 is 0 Å². The van der Waals surface area contributed by atoms with Crippen molar-refractivity contribution < 1.29 is 14.3 Å². The molecule has 1 aromatic rings. The Kier molecular flexibility index (Phi) is 3.34. The highest BCUT2D eigenvalue weighted by Gasteiger charge is 2.32. The molecule has 0 bridgehead atoms. The maximum atomic E-state index is 11.8. The molecular formula is C15H18N2O3. The Morgan fingerprint density at radius 1 is 1.40 bits per heavy atom. The van der Waals surface area contributed by atoms with E-state index in [1.54, 1.807) is 13.2 Å². The number of benzene rings is 1. The molecule has 0 radical (unpaired) electrons. The Labute approximate surface area is 118 Å². The SMILES string of the molecule is COC(=O)c1cc(C2=NC[C@H]3CCCN23)ccc1OC. The lowest BCUT2D eigenvalue weighted by molar-refractivity contribution is 0.0597. The molecule has 0 unspecified atom stereocenters. The Balaban J connectivity index is 1.96. The van der Waals surface area contributed by atoms with Crippen molar-refractivity contribution in [3.05, 3.63) is 29.3 Å². The standard InChI is InChI=1S/C15H18N2O3/c1-19-13-6-5-10(8-12(13)15(18)20-2)14-16-9-11-4-3-7-17(11)14/h5-6,8,11H,3-4,7,9H2,1-2H3/t11-/m1/s1. The first-order valence-corrected chi connectivity index (χ1v) is 6.82. The normalized spacial score (nSPS) is 20.6. The molecule has 0 spiro atoms. The number of carbonyl (C=O) groups excluding carboxylic acids is 1. The molecule has 0 amide bonds. The van der Waals surface area contributed by atoms with Gasteiger partial charge in [-0.3, -0.25) is 4.99 Å². The van der Waals surface area contributed by atoms with Crippen LogP contribution in [0.4, 0.5) is 0 Å². The maximum absolute atomic E-state index is 11.8. The van der Waals surface area contributed by atoms with Crippen LogP contribution in [0.15, 0.2) is 23.2 Å². The second-order valence-corrected chi connectivity index (χ2v) is 5.06. The van der Waals surface area contributed by atoms with Gasteiger partial charge in [0.2, 0.25) is 0 Å². The summed E-state index contributed by atoms with van der Waals surface area (Å²) in [6.45, 7) is 1.90. The van der Waals surface area contributed by atoms with E-state index in [9.17, 15) is 4.79 Å². The number of hydrogen-bond donors (Lipinski definition) is 0. The number of aliphatic imine (C=N–C) groups is 1. The van der Waals surface area contributed by atoms with Crippen molar-refractivity contribution in [2.24, 2.45) is 4.99 Å². The van der Waals surface area contributed by atoms with Gasteiger partial charge in [-0.2, -0.15) is 0 Å². The van der Waals surface area contributed by atoms with Gasteiger partial charge in [0.1, 0.15) is 17.1 Å². The van der Waals surface area contributed by atoms with Crippen molar-refractivity contribution in [1.82, 2.24) is 4.90 Å². The first-order valence-electron chi connectivity index (χ1n) is 6.82. The van der Waals surface area contributed by atoms with Gasteiger partial charge in [0.15, 0.2) is 0 Å². The predicted octanol–water partition coefficient (Wildman–Crippen LogP) is 1.71. The number of fused-ring (bicyclic) bond motifs is 1. The number of nitrogens with zero attached hydrogens (tertiary/aromatic N) is 2. The first kappa shape index (κ1) is 13.0. The highest BCUT2D eigenvalue weighted by Crippen LogP contribution is 2.28. The van der Waals surface area contributed by atoms with Crippen LogP contribution in [0, 0.1) is 0 Å². The zero-order valence-electron chi connectivity index (χ0n) is 11.8. The zero-order chi connectivity index (χ0) is 14.1. The van der Waals surface area contributed by atoms with E-state index in [-0.39, 0.29) is 5.97 Å². The van der Waals surface area contributed by atoms with Crippen molar-refractivity contribution in [2.45, 2.75) is 18.9 Å². The fourth-order valence-corrected chi connectivity index (χ4v) is 2.96. The summed E-state index contributed by atoms with van der Waals surface area (Å²) in [7, 11) is 2.92. The highest BCUT2D eigenvalue weighted by atomic mass is 16.5. The minimum absolute atomic E-state index is 0.389. The van der Waals surface area contributed by atoms with Gasteiger partial charge in [0.05, 0.1) is 26.8 Å². The molecule has 5 heteroatoms. The lowest BCUT2D eigenvalue weighted by Crippen LogP contribution is -2.31. The molecule has 20 heavy (non-hydrogen) atoms. The van der Waals surface area contributed by atoms with Crippen molar-refractivity contribution in [1.29, 1.82) is 0 Å². The average Bonchev–Trinajstić information content (AvgIpc) is 3.08. The fraction of sp³-hybridized carbons (Fsp3) is 0.467. The predicted molar refractivity (Wildman–Crippen MR) is 75.5 cm³/mol. The quantitative estimate of drug-likeness (QED) is 0.787. The van der Waals surface area contributed by atoms with Gasteiger partial charge < -0.3 is 14.4 Å². The van der Waals surface area contributed by atoms with Crippen molar-refractivity contribution in [3.63, 3.8) is 0 Å². The number of rotatable bonds is 3. The van der Waals surface area contributed by atoms with Gasteiger partial charge in [-0.25, -0.2) is 4.79 Å². The lowest BCUT2D eigenvalue weighted by Gasteiger charge is -2.20. The summed E-state index contributed by atoms with van der Waals surface area (Å²) in [6, 6.07) is 6.09. The lowest BCUT2D eigenvalue weighted by atomic mass is 10.1. The van der Waals surface area contributed by atoms with E-state index < -0.39 is 0 Å². The summed E-state index contributed by atoms with van der Waals surface area (Å²) >= 11 is 0. The Morgan fingerprint density at radius 2 is 2.25 bits per heavy atom. The molecule has 2 heterocycles. The van der Waals surface area contributed by atoms with E-state index in [4.69, 9.17) is 9.47 Å². The number of carbonyl (C=O) groups is 1. The highest BCUT2D eigenvalue weighted by molar-refractivity contribution is 6.03. The maximum Gasteiger partial charge on any atom is 0.341 e. The van der Waals surface area contributed by atoms with E-state index in [1.807, 2.05) is 12.1 Å². The van der Waals surface area contributed by atoms with Crippen LogP contribution in [-0.4, -0.2) is 50.1 Å². The smallest absolute Gasteiger partial charge is 0.341 e. The molecule has 2 aliphatic rings. The molecular weight excluding hydrogens is 256 g/mol. The molecule has 0 aliphatic carbocycles. The van der Waals surface area contributed by atoms with Gasteiger partial charge in [-0.15, -0.1) is 0 Å². The number of ether oxygens (including phenoxy) is 2. The Hall–Kier alpha value is -2.04. The minimum Gasteiger partial charge on any atom is -0.496 e. The first-order chi connectivity index (χ1) is 9.74. The van der Waals surface area contributed by atoms with E-state index in [1.165, 1.54) is 20.0 Å². The zero-order valence-corrected chi connectivity index (χ0v) is 11.8. The summed E-state index contributed by atoms with van der Waals surface area (Å²) in [4.78, 5) is 18.8. The molecule has 0 aromatic heterocycles. The number of amidine groups is 1. The topological polar surface area (TPSA) is 51.1 Å². The van der Waals surface area contributed by atoms with Crippen molar-refractivity contribution in [2.75, 3.05) is 27.3 Å². The molecule has 1 aromatic carbocycles. The number of esters is 1. The molecule has 2 aliphatic heterocycles. The van der Waals surface area contributed by atoms with Gasteiger partial charge in [-0.05, 0) is 31.0 Å². The second-order valence-electron chi connectivity index (χ2n) is 5.06. The monoisotopic (exact) mass is 274 g/mol. The van der Waals surface area contributed by atoms with Gasteiger partial charge >= 0.3 is 5.97 Å². The number of methoxy groups -OCH3 is 2. The molecule has 3 rings (SSSR count). The van der Waals surface area contributed by atoms with Crippen LogP contribution in [0.5, 0.6) is 5.75 Å². The molecule has 0 saturated carbocycles. The fourth-order valence-electron chi connectivity index (χ4n) is 2.96. The second kappa shape index (κ2) is 5.15. The third-order valence-corrected chi connectivity index (χ3v) is 3.96. The Bertz CT molecular complexity index is 568. The third-order valence-electron chi connectivity index (χ3n) is 3.96. The van der Waals surface area contributed by atoms with E-state index >= 15 is 0 Å². The summed E-state index contributed by atoms with van der Waals surface area (Å²) in [6.07, 6.45) is 2.41. The summed E-state index contributed by atoms with van der Waals surface area (Å²) in [5.41, 5.74) is 1.40. The van der Waals surface area contributed by atoms with Crippen LogP contribution in [0.3, 0.4) is 0 Å². The van der Waals surface area contributed by atoms with Gasteiger partial charge in [0.25, 0.3) is 0 Å². The van der Waals surface area contributed by atoms with Crippen molar-refractivity contribution >= 4 is 11.8 Å². The number of hydrogen-bond acceptors (Lipinski definition) is 5. The molecule has 106 valence electrons. The molecule has 0 N–H and O–H groups in total. The van der Waals surface area contributed by atoms with Gasteiger partial charge in [-0.1, -0.05) is 0 Å². The van der Waals surface area contributed by atoms with E-state index in [0.29, 0.717) is 17.4 Å². The summed E-state index contributed by atoms with van der Waals surface area (Å²) < 4.78 is 10.0.